The number of aromatic amines is 1. The molecule has 7 heteroatoms. The van der Waals surface area contributed by atoms with Gasteiger partial charge in [-0.3, -0.25) is 9.40 Å². The molecule has 1 aliphatic rings. The van der Waals surface area contributed by atoms with Gasteiger partial charge in [0.2, 0.25) is 0 Å². The van der Waals surface area contributed by atoms with Gasteiger partial charge in [0.15, 0.2) is 0 Å². The van der Waals surface area contributed by atoms with Crippen LogP contribution in [0.3, 0.4) is 0 Å². The lowest BCUT2D eigenvalue weighted by Gasteiger charge is -2.30. The van der Waals surface area contributed by atoms with E-state index in [0.717, 1.165) is 29.7 Å². The molecule has 6 nitrogen and oxygen atoms in total. The zero-order valence-electron chi connectivity index (χ0n) is 11.8. The van der Waals surface area contributed by atoms with Gasteiger partial charge in [-0.2, -0.15) is 5.10 Å². The fourth-order valence-electron chi connectivity index (χ4n) is 2.62. The number of nitrogens with zero attached hydrogens (tertiary/aromatic N) is 2. The van der Waals surface area contributed by atoms with Crippen LogP contribution in [0.4, 0.5) is 5.69 Å². The van der Waals surface area contributed by atoms with Crippen molar-refractivity contribution in [3.63, 3.8) is 0 Å². The molecule has 1 aromatic carbocycles. The quantitative estimate of drug-likeness (QED) is 0.900. The first-order valence-electron chi connectivity index (χ1n) is 6.90. The highest BCUT2D eigenvalue weighted by Crippen LogP contribution is 2.33. The van der Waals surface area contributed by atoms with Crippen LogP contribution in [0.2, 0.25) is 0 Å². The molecule has 0 saturated heterocycles. The summed E-state index contributed by atoms with van der Waals surface area (Å²) in [6, 6.07) is 5.70. The average Bonchev–Trinajstić information content (AvgIpc) is 3.00. The summed E-state index contributed by atoms with van der Waals surface area (Å²) in [6.45, 7) is 2.41. The lowest BCUT2D eigenvalue weighted by atomic mass is 9.98. The van der Waals surface area contributed by atoms with E-state index in [-0.39, 0.29) is 10.9 Å². The van der Waals surface area contributed by atoms with E-state index in [9.17, 15) is 8.42 Å². The van der Waals surface area contributed by atoms with Gasteiger partial charge >= 0.3 is 0 Å². The second-order valence-corrected chi connectivity index (χ2v) is 7.15. The van der Waals surface area contributed by atoms with Crippen molar-refractivity contribution in [3.8, 4) is 0 Å². The molecule has 3 N–H and O–H groups in total. The molecule has 1 unspecified atom stereocenters. The number of nitrogens with two attached hydrogens (primary N) is 1. The zero-order chi connectivity index (χ0) is 15.0. The van der Waals surface area contributed by atoms with Crippen LogP contribution >= 0.6 is 0 Å². The molecular weight excluding hydrogens is 288 g/mol. The largest absolute Gasteiger partial charge is 0.324 e. The third kappa shape index (κ3) is 2.43. The van der Waals surface area contributed by atoms with Crippen molar-refractivity contribution in [3.05, 3.63) is 41.7 Å². The van der Waals surface area contributed by atoms with Crippen molar-refractivity contribution in [2.24, 2.45) is 5.73 Å². The smallest absolute Gasteiger partial charge is 0.267 e. The SMILES string of the molecule is CC(N)c1ccc2c(c1)CCCN2S(=O)(=O)c1cn[nH]c1. The summed E-state index contributed by atoms with van der Waals surface area (Å²) in [7, 11) is -3.56. The molecule has 0 radical (unpaired) electrons. The van der Waals surface area contributed by atoms with E-state index in [0.29, 0.717) is 6.54 Å². The summed E-state index contributed by atoms with van der Waals surface area (Å²) in [5.41, 5.74) is 8.70. The second-order valence-electron chi connectivity index (χ2n) is 5.29. The van der Waals surface area contributed by atoms with Gasteiger partial charge in [0.05, 0.1) is 11.9 Å². The Kier molecular flexibility index (Phi) is 3.46. The highest BCUT2D eigenvalue weighted by atomic mass is 32.2. The van der Waals surface area contributed by atoms with Gasteiger partial charge in [-0.1, -0.05) is 12.1 Å². The minimum absolute atomic E-state index is 0.0591. The minimum atomic E-state index is -3.56. The summed E-state index contributed by atoms with van der Waals surface area (Å²) in [6.07, 6.45) is 4.40. The molecule has 0 amide bonds. The van der Waals surface area contributed by atoms with E-state index >= 15 is 0 Å². The van der Waals surface area contributed by atoms with Crippen LogP contribution in [-0.2, 0) is 16.4 Å². The summed E-state index contributed by atoms with van der Waals surface area (Å²) in [5.74, 6) is 0. The number of nitrogens with one attached hydrogen (secondary N) is 1. The molecule has 0 fully saturated rings. The third-order valence-electron chi connectivity index (χ3n) is 3.77. The fraction of sp³-hybridized carbons (Fsp3) is 0.357. The lowest BCUT2D eigenvalue weighted by Crippen LogP contribution is -2.35. The van der Waals surface area contributed by atoms with Gasteiger partial charge in [-0.25, -0.2) is 8.42 Å². The summed E-state index contributed by atoms with van der Waals surface area (Å²) in [5, 5.41) is 6.28. The van der Waals surface area contributed by atoms with Gasteiger partial charge in [0, 0.05) is 18.8 Å². The topological polar surface area (TPSA) is 92.1 Å². The average molecular weight is 306 g/mol. The van der Waals surface area contributed by atoms with Crippen molar-refractivity contribution >= 4 is 15.7 Å². The van der Waals surface area contributed by atoms with Crippen LogP contribution < -0.4 is 10.0 Å². The Hall–Kier alpha value is -1.86. The predicted molar refractivity (Wildman–Crippen MR) is 80.5 cm³/mol. The van der Waals surface area contributed by atoms with Gasteiger partial charge < -0.3 is 5.73 Å². The molecule has 0 bridgehead atoms. The molecule has 112 valence electrons. The van der Waals surface area contributed by atoms with E-state index < -0.39 is 10.0 Å². The van der Waals surface area contributed by atoms with E-state index in [1.807, 2.05) is 25.1 Å². The van der Waals surface area contributed by atoms with Crippen LogP contribution in [0.1, 0.15) is 30.5 Å². The number of aromatic nitrogens is 2. The fourth-order valence-corrected chi connectivity index (χ4v) is 4.07. The molecule has 0 saturated carbocycles. The number of anilines is 1. The van der Waals surface area contributed by atoms with Crippen LogP contribution in [0.5, 0.6) is 0 Å². The normalized spacial score (nSPS) is 16.6. The number of benzene rings is 1. The van der Waals surface area contributed by atoms with Crippen LogP contribution in [0, 0.1) is 0 Å². The van der Waals surface area contributed by atoms with Crippen molar-refractivity contribution in [1.82, 2.24) is 10.2 Å². The predicted octanol–water partition coefficient (Wildman–Crippen LogP) is 1.57. The van der Waals surface area contributed by atoms with Crippen molar-refractivity contribution in [2.75, 3.05) is 10.8 Å². The minimum Gasteiger partial charge on any atom is -0.324 e. The maximum atomic E-state index is 12.7. The Morgan fingerprint density at radius 2 is 2.24 bits per heavy atom. The van der Waals surface area contributed by atoms with Gasteiger partial charge in [-0.15, -0.1) is 0 Å². The van der Waals surface area contributed by atoms with Crippen molar-refractivity contribution in [2.45, 2.75) is 30.7 Å². The highest BCUT2D eigenvalue weighted by Gasteiger charge is 2.29. The number of hydrogen-bond acceptors (Lipinski definition) is 4. The first kappa shape index (κ1) is 14.1. The maximum Gasteiger partial charge on any atom is 0.267 e. The van der Waals surface area contributed by atoms with Crippen LogP contribution in [0.15, 0.2) is 35.5 Å². The number of rotatable bonds is 3. The van der Waals surface area contributed by atoms with Crippen LogP contribution in [0.25, 0.3) is 0 Å². The number of fused-ring (bicyclic) bond motifs is 1. The van der Waals surface area contributed by atoms with E-state index in [1.165, 1.54) is 16.7 Å². The van der Waals surface area contributed by atoms with Gasteiger partial charge in [0.25, 0.3) is 10.0 Å². The standard InChI is InChI=1S/C14H18N4O2S/c1-10(15)11-4-5-14-12(7-11)3-2-6-18(14)21(19,20)13-8-16-17-9-13/h4-5,7-10H,2-3,6,15H2,1H3,(H,16,17). The zero-order valence-corrected chi connectivity index (χ0v) is 12.6. The molecule has 1 atom stereocenters. The molecule has 0 aliphatic carbocycles. The first-order chi connectivity index (χ1) is 10.00. The number of hydrogen-bond donors (Lipinski definition) is 2. The Morgan fingerprint density at radius 3 is 2.90 bits per heavy atom. The Balaban J connectivity index is 2.05. The molecule has 1 aromatic heterocycles. The Labute approximate surface area is 124 Å². The number of H-pyrrole nitrogens is 1. The summed E-state index contributed by atoms with van der Waals surface area (Å²) >= 11 is 0. The maximum absolute atomic E-state index is 12.7. The molecule has 2 heterocycles. The third-order valence-corrected chi connectivity index (χ3v) is 5.55. The molecule has 0 spiro atoms. The van der Waals surface area contributed by atoms with Crippen molar-refractivity contribution < 1.29 is 8.42 Å². The number of aryl methyl sites for hydroxylation is 1. The lowest BCUT2D eigenvalue weighted by molar-refractivity contribution is 0.586. The highest BCUT2D eigenvalue weighted by molar-refractivity contribution is 7.92. The van der Waals surface area contributed by atoms with Gasteiger partial charge in [-0.05, 0) is 37.0 Å². The molecule has 2 aromatic rings. The second kappa shape index (κ2) is 5.16. The van der Waals surface area contributed by atoms with Gasteiger partial charge in [0.1, 0.15) is 4.90 Å². The summed E-state index contributed by atoms with van der Waals surface area (Å²) < 4.78 is 26.8. The molecule has 1 aliphatic heterocycles. The van der Waals surface area contributed by atoms with Crippen molar-refractivity contribution in [1.29, 1.82) is 0 Å². The molecule has 21 heavy (non-hydrogen) atoms. The molecular formula is C14H18N4O2S. The van der Waals surface area contributed by atoms with E-state index in [4.69, 9.17) is 5.73 Å². The molecule has 3 rings (SSSR count). The summed E-state index contributed by atoms with van der Waals surface area (Å²) in [4.78, 5) is 0.187. The Bertz CT molecular complexity index is 738. The van der Waals surface area contributed by atoms with E-state index in [1.54, 1.807) is 0 Å². The van der Waals surface area contributed by atoms with Crippen LogP contribution in [-0.4, -0.2) is 25.2 Å². The van der Waals surface area contributed by atoms with E-state index in [2.05, 4.69) is 10.2 Å². The Morgan fingerprint density at radius 1 is 1.43 bits per heavy atom. The number of sulfonamides is 1. The monoisotopic (exact) mass is 306 g/mol. The first-order valence-corrected chi connectivity index (χ1v) is 8.34.